The van der Waals surface area contributed by atoms with Crippen LogP contribution >= 0.6 is 11.5 Å². The molecule has 2 aliphatic heterocycles. The lowest BCUT2D eigenvalue weighted by molar-refractivity contribution is -0.192. The number of likely N-dealkylation sites (tertiary alicyclic amines) is 1. The number of carbonyl (C=O) groups excluding carboxylic acids is 2. The molecule has 0 radical (unpaired) electrons. The van der Waals surface area contributed by atoms with Gasteiger partial charge in [0.2, 0.25) is 5.91 Å². The normalized spacial score (nSPS) is 21.8. The number of hydrogen-bond acceptors (Lipinski definition) is 8. The van der Waals surface area contributed by atoms with E-state index < -0.39 is 18.2 Å². The first kappa shape index (κ1) is 25.5. The number of fused-ring (bicyclic) bond motifs is 1. The van der Waals surface area contributed by atoms with Crippen LogP contribution in [0.3, 0.4) is 0 Å². The number of halogens is 3. The Morgan fingerprint density at radius 1 is 1.26 bits per heavy atom. The largest absolute Gasteiger partial charge is 0.490 e. The van der Waals surface area contributed by atoms with E-state index in [0.717, 1.165) is 23.4 Å². The molecular formula is C20H22F3N5O5S. The molecule has 0 unspecified atom stereocenters. The van der Waals surface area contributed by atoms with E-state index in [4.69, 9.17) is 14.6 Å². The van der Waals surface area contributed by atoms with E-state index in [0.29, 0.717) is 25.2 Å². The van der Waals surface area contributed by atoms with Crippen molar-refractivity contribution < 1.29 is 37.4 Å². The summed E-state index contributed by atoms with van der Waals surface area (Å²) in [6.45, 7) is 2.85. The predicted molar refractivity (Wildman–Crippen MR) is 112 cm³/mol. The summed E-state index contributed by atoms with van der Waals surface area (Å²) in [5.74, 6) is -2.97. The number of pyridine rings is 1. The van der Waals surface area contributed by atoms with Crippen LogP contribution in [0.5, 0.6) is 0 Å². The highest BCUT2D eigenvalue weighted by Crippen LogP contribution is 2.32. The molecule has 34 heavy (non-hydrogen) atoms. The lowest BCUT2D eigenvalue weighted by Gasteiger charge is -2.35. The van der Waals surface area contributed by atoms with Crippen LogP contribution in [-0.4, -0.2) is 73.3 Å². The van der Waals surface area contributed by atoms with Crippen LogP contribution < -0.4 is 5.32 Å². The molecule has 2 saturated heterocycles. The first-order chi connectivity index (χ1) is 16.1. The van der Waals surface area contributed by atoms with Crippen LogP contribution in [0, 0.1) is 6.92 Å². The Morgan fingerprint density at radius 3 is 2.59 bits per heavy atom. The zero-order valence-corrected chi connectivity index (χ0v) is 18.8. The molecule has 2 aliphatic rings. The maximum absolute atomic E-state index is 12.7. The summed E-state index contributed by atoms with van der Waals surface area (Å²) in [4.78, 5) is 40.9. The number of carbonyl (C=O) groups is 3. The summed E-state index contributed by atoms with van der Waals surface area (Å²) in [6, 6.07) is 5.60. The fourth-order valence-electron chi connectivity index (χ4n) is 3.73. The van der Waals surface area contributed by atoms with E-state index in [1.807, 2.05) is 30.0 Å². The maximum Gasteiger partial charge on any atom is 0.490 e. The highest BCUT2D eigenvalue weighted by molar-refractivity contribution is 7.05. The minimum atomic E-state index is -5.08. The number of aromatic nitrogens is 3. The minimum Gasteiger partial charge on any atom is -0.475 e. The molecule has 0 aromatic carbocycles. The zero-order valence-electron chi connectivity index (χ0n) is 18.0. The average molecular weight is 501 g/mol. The number of nitrogens with zero attached hydrogens (tertiary/aromatic N) is 4. The molecule has 2 amide bonds. The van der Waals surface area contributed by atoms with Crippen molar-refractivity contribution in [1.29, 1.82) is 0 Å². The Labute approximate surface area is 196 Å². The molecule has 0 bridgehead atoms. The predicted octanol–water partition coefficient (Wildman–Crippen LogP) is 1.95. The monoisotopic (exact) mass is 501 g/mol. The fraction of sp³-hybridized carbons (Fsp3) is 0.500. The fourth-order valence-corrected chi connectivity index (χ4v) is 4.19. The summed E-state index contributed by atoms with van der Waals surface area (Å²) in [6.07, 6.45) is -1.90. The summed E-state index contributed by atoms with van der Waals surface area (Å²) in [5.41, 5.74) is 1.24. The van der Waals surface area contributed by atoms with E-state index in [1.165, 1.54) is 11.5 Å². The molecular weight excluding hydrogens is 479 g/mol. The molecule has 0 saturated carbocycles. The van der Waals surface area contributed by atoms with Crippen molar-refractivity contribution in [3.63, 3.8) is 0 Å². The third kappa shape index (κ3) is 6.26. The summed E-state index contributed by atoms with van der Waals surface area (Å²) < 4.78 is 41.6. The number of aryl methyl sites for hydroxylation is 1. The molecule has 2 fully saturated rings. The van der Waals surface area contributed by atoms with Gasteiger partial charge in [0.25, 0.3) is 5.91 Å². The van der Waals surface area contributed by atoms with Gasteiger partial charge in [-0.2, -0.15) is 13.2 Å². The molecule has 4 rings (SSSR count). The van der Waals surface area contributed by atoms with Crippen molar-refractivity contribution in [3.8, 4) is 0 Å². The van der Waals surface area contributed by atoms with Crippen LogP contribution in [0.1, 0.15) is 40.3 Å². The third-order valence-corrected chi connectivity index (χ3v) is 6.00. The van der Waals surface area contributed by atoms with E-state index in [-0.39, 0.29) is 24.0 Å². The van der Waals surface area contributed by atoms with E-state index in [9.17, 15) is 22.8 Å². The standard InChI is InChI=1S/C18H21N5O3S.C2HF3O2/c1-11-16(21-22-27-11)18(25)23-9-7-14-13(23)5-6-15(26-14)17(24)20-10-12-4-2-3-8-19-12;3-2(4,5)1(6)7/h2-4,8,13-15H,5-7,9-10H2,1H3,(H,20,24);(H,6,7)/t13-,14-,15-;/m1./s1. The van der Waals surface area contributed by atoms with Crippen LogP contribution in [0.4, 0.5) is 13.2 Å². The van der Waals surface area contributed by atoms with Gasteiger partial charge in [0.15, 0.2) is 5.69 Å². The first-order valence-corrected chi connectivity index (χ1v) is 11.1. The minimum absolute atomic E-state index is 0.00144. The lowest BCUT2D eigenvalue weighted by atomic mass is 9.98. The number of alkyl halides is 3. The average Bonchev–Trinajstić information content (AvgIpc) is 3.43. The van der Waals surface area contributed by atoms with Gasteiger partial charge in [0.05, 0.1) is 29.3 Å². The topological polar surface area (TPSA) is 135 Å². The maximum atomic E-state index is 12.7. The summed E-state index contributed by atoms with van der Waals surface area (Å²) >= 11 is 1.23. The third-order valence-electron chi connectivity index (χ3n) is 5.37. The van der Waals surface area contributed by atoms with Gasteiger partial charge in [0, 0.05) is 12.7 Å². The van der Waals surface area contributed by atoms with Crippen LogP contribution in [0.15, 0.2) is 24.4 Å². The molecule has 2 aromatic rings. The SMILES string of the molecule is Cc1snnc1C(=O)N1CC[C@H]2O[C@@H](C(=O)NCc3ccccn3)CC[C@H]21.O=C(O)C(F)(F)F. The Morgan fingerprint density at radius 2 is 2.00 bits per heavy atom. The molecule has 184 valence electrons. The number of ether oxygens (including phenoxy) is 1. The van der Waals surface area contributed by atoms with E-state index >= 15 is 0 Å². The van der Waals surface area contributed by atoms with Crippen molar-refractivity contribution >= 4 is 29.3 Å². The van der Waals surface area contributed by atoms with Crippen LogP contribution in [0.2, 0.25) is 0 Å². The van der Waals surface area contributed by atoms with Gasteiger partial charge in [0.1, 0.15) is 6.10 Å². The molecule has 2 aromatic heterocycles. The molecule has 0 spiro atoms. The molecule has 3 atom stereocenters. The number of carboxylic acid groups (broad SMARTS) is 1. The number of rotatable bonds is 4. The van der Waals surface area contributed by atoms with Gasteiger partial charge < -0.3 is 20.1 Å². The van der Waals surface area contributed by atoms with Crippen LogP contribution in [0.25, 0.3) is 0 Å². The van der Waals surface area contributed by atoms with Crippen molar-refractivity contribution in [3.05, 3.63) is 40.7 Å². The Kier molecular flexibility index (Phi) is 8.15. The number of amides is 2. The van der Waals surface area contributed by atoms with Crippen molar-refractivity contribution in [2.45, 2.75) is 57.2 Å². The van der Waals surface area contributed by atoms with Gasteiger partial charge in [-0.1, -0.05) is 10.6 Å². The Hall–Kier alpha value is -3.13. The summed E-state index contributed by atoms with van der Waals surface area (Å²) in [5, 5.41) is 14.0. The van der Waals surface area contributed by atoms with Gasteiger partial charge in [-0.3, -0.25) is 14.6 Å². The molecule has 0 aliphatic carbocycles. The molecule has 4 heterocycles. The highest BCUT2D eigenvalue weighted by Gasteiger charge is 2.44. The number of nitrogens with one attached hydrogen (secondary N) is 1. The first-order valence-electron chi connectivity index (χ1n) is 10.3. The van der Waals surface area contributed by atoms with Gasteiger partial charge in [-0.15, -0.1) is 5.10 Å². The second-order valence-electron chi connectivity index (χ2n) is 7.61. The molecule has 14 heteroatoms. The number of hydrogen-bond donors (Lipinski definition) is 2. The Balaban J connectivity index is 0.000000406. The quantitative estimate of drug-likeness (QED) is 0.649. The molecule has 2 N–H and O–H groups in total. The highest BCUT2D eigenvalue weighted by atomic mass is 32.1. The van der Waals surface area contributed by atoms with E-state index in [2.05, 4.69) is 19.9 Å². The van der Waals surface area contributed by atoms with Gasteiger partial charge in [-0.05, 0) is 49.9 Å². The van der Waals surface area contributed by atoms with Crippen LogP contribution in [-0.2, 0) is 20.9 Å². The van der Waals surface area contributed by atoms with Crippen molar-refractivity contribution in [2.75, 3.05) is 6.54 Å². The smallest absolute Gasteiger partial charge is 0.475 e. The second kappa shape index (κ2) is 10.9. The van der Waals surface area contributed by atoms with E-state index in [1.54, 1.807) is 6.20 Å². The Bertz CT molecular complexity index is 1020. The summed E-state index contributed by atoms with van der Waals surface area (Å²) in [7, 11) is 0. The van der Waals surface area contributed by atoms with Gasteiger partial charge in [-0.25, -0.2) is 4.79 Å². The number of aliphatic carboxylic acids is 1. The number of carboxylic acids is 1. The van der Waals surface area contributed by atoms with Crippen molar-refractivity contribution in [2.24, 2.45) is 0 Å². The van der Waals surface area contributed by atoms with Crippen molar-refractivity contribution in [1.82, 2.24) is 24.8 Å². The second-order valence-corrected chi connectivity index (χ2v) is 8.57. The zero-order chi connectivity index (χ0) is 24.9. The van der Waals surface area contributed by atoms with Gasteiger partial charge >= 0.3 is 12.1 Å². The molecule has 10 nitrogen and oxygen atoms in total. The lowest BCUT2D eigenvalue weighted by Crippen LogP contribution is -2.49.